The summed E-state index contributed by atoms with van der Waals surface area (Å²) in [4.78, 5) is 28.9. The smallest absolute Gasteiger partial charge is 0.244 e. The molecular weight excluding hydrogens is 512 g/mol. The van der Waals surface area contributed by atoms with Crippen molar-refractivity contribution >= 4 is 12.2 Å². The van der Waals surface area contributed by atoms with E-state index in [1.807, 2.05) is 12.1 Å². The number of carbonyl (C=O) groups excluding carboxylic acids is 2. The lowest BCUT2D eigenvalue weighted by Gasteiger charge is -2.34. The number of carbonyl (C=O) groups is 2. The molecule has 1 aromatic rings. The summed E-state index contributed by atoms with van der Waals surface area (Å²) in [6.45, 7) is 7.78. The summed E-state index contributed by atoms with van der Waals surface area (Å²) >= 11 is 0. The van der Waals surface area contributed by atoms with Gasteiger partial charge in [0, 0.05) is 12.5 Å². The number of aldehydes is 1. The first-order valence-electron chi connectivity index (χ1n) is 14.3. The highest BCUT2D eigenvalue weighted by Gasteiger charge is 2.54. The minimum atomic E-state index is -1.00. The van der Waals surface area contributed by atoms with Gasteiger partial charge in [0.15, 0.2) is 17.9 Å². The van der Waals surface area contributed by atoms with Gasteiger partial charge in [0.05, 0.1) is 23.8 Å². The molecule has 1 saturated heterocycles. The van der Waals surface area contributed by atoms with Gasteiger partial charge in [-0.1, -0.05) is 37.6 Å². The van der Waals surface area contributed by atoms with E-state index in [9.17, 15) is 18.4 Å². The second-order valence-corrected chi connectivity index (χ2v) is 11.5. The first kappa shape index (κ1) is 29.7. The summed E-state index contributed by atoms with van der Waals surface area (Å²) in [6, 6.07) is 6.35. The molecular formula is C32H39F2N3O3. The van der Waals surface area contributed by atoms with Crippen molar-refractivity contribution in [2.45, 2.75) is 89.9 Å². The Labute approximate surface area is 236 Å². The summed E-state index contributed by atoms with van der Waals surface area (Å²) in [6.07, 6.45) is 10.9. The lowest BCUT2D eigenvalue weighted by molar-refractivity contribution is -0.135. The van der Waals surface area contributed by atoms with Gasteiger partial charge in [0.2, 0.25) is 5.91 Å². The molecule has 0 bridgehead atoms. The molecule has 1 fully saturated rings. The standard InChI is InChI=1S/C32H39F2N3O3/c1-5-22-8-6-9-23(11-10-22)24-13-15-28(26(33)18-24)40-17-7-16-36-29(20-38)37(31(39)32(36,3)4)27-14-12-25(19-35)30(34)21(27)2/h10-13,15,18,20,22-23,27,29H,5-9,14,16-17H2,1-4H3. The molecule has 4 atom stereocenters. The van der Waals surface area contributed by atoms with Gasteiger partial charge in [-0.3, -0.25) is 14.5 Å². The molecule has 6 nitrogen and oxygen atoms in total. The molecule has 3 aliphatic rings. The fourth-order valence-electron chi connectivity index (χ4n) is 6.17. The molecule has 0 radical (unpaired) electrons. The number of hydrogen-bond donors (Lipinski definition) is 0. The summed E-state index contributed by atoms with van der Waals surface area (Å²) in [5.74, 6) is -0.350. The van der Waals surface area contributed by atoms with E-state index >= 15 is 0 Å². The largest absolute Gasteiger partial charge is 0.490 e. The topological polar surface area (TPSA) is 73.6 Å². The highest BCUT2D eigenvalue weighted by atomic mass is 19.1. The molecule has 0 N–H and O–H groups in total. The van der Waals surface area contributed by atoms with Crippen LogP contribution in [0.4, 0.5) is 8.78 Å². The lowest BCUT2D eigenvalue weighted by atomic mass is 9.93. The summed E-state index contributed by atoms with van der Waals surface area (Å²) < 4.78 is 35.4. The van der Waals surface area contributed by atoms with Crippen LogP contribution in [0, 0.1) is 23.1 Å². The number of hydrogen-bond acceptors (Lipinski definition) is 5. The van der Waals surface area contributed by atoms with Crippen molar-refractivity contribution in [2.24, 2.45) is 5.92 Å². The summed E-state index contributed by atoms with van der Waals surface area (Å²) in [5, 5.41) is 9.15. The first-order valence-corrected chi connectivity index (χ1v) is 14.3. The quantitative estimate of drug-likeness (QED) is 0.203. The second-order valence-electron chi connectivity index (χ2n) is 11.5. The zero-order chi connectivity index (χ0) is 29.0. The van der Waals surface area contributed by atoms with Crippen molar-refractivity contribution in [3.8, 4) is 11.8 Å². The maximum Gasteiger partial charge on any atom is 0.244 e. The molecule has 8 heteroatoms. The highest BCUT2D eigenvalue weighted by molar-refractivity contribution is 5.91. The number of halogens is 2. The Morgan fingerprint density at radius 2 is 2.00 bits per heavy atom. The average Bonchev–Trinajstić information content (AvgIpc) is 3.09. The van der Waals surface area contributed by atoms with E-state index in [4.69, 9.17) is 10.00 Å². The number of amides is 1. The number of nitriles is 1. The SMILES string of the molecule is CCC1C=CC(c2ccc(OCCCN3C(C=O)N(C4CC=C(C#N)C(F)=C4C)C(=O)C3(C)C)c(F)c2)CCC1. The van der Waals surface area contributed by atoms with Crippen LogP contribution in [-0.2, 0) is 9.59 Å². The minimum Gasteiger partial charge on any atom is -0.490 e. The first-order chi connectivity index (χ1) is 19.1. The second kappa shape index (κ2) is 12.5. The molecule has 0 spiro atoms. The normalized spacial score (nSPS) is 26.9. The summed E-state index contributed by atoms with van der Waals surface area (Å²) in [5.41, 5.74) is 0.165. The molecule has 1 aliphatic heterocycles. The Morgan fingerprint density at radius 1 is 1.23 bits per heavy atom. The highest BCUT2D eigenvalue weighted by Crippen LogP contribution is 2.38. The van der Waals surface area contributed by atoms with Gasteiger partial charge in [-0.25, -0.2) is 8.78 Å². The predicted molar refractivity (Wildman–Crippen MR) is 149 cm³/mol. The van der Waals surface area contributed by atoms with E-state index < -0.39 is 29.4 Å². The van der Waals surface area contributed by atoms with Crippen LogP contribution in [0.3, 0.4) is 0 Å². The summed E-state index contributed by atoms with van der Waals surface area (Å²) in [7, 11) is 0. The van der Waals surface area contributed by atoms with Crippen LogP contribution in [-0.4, -0.2) is 52.9 Å². The van der Waals surface area contributed by atoms with Crippen molar-refractivity contribution in [1.82, 2.24) is 9.80 Å². The third-order valence-electron chi connectivity index (χ3n) is 8.70. The molecule has 40 heavy (non-hydrogen) atoms. The van der Waals surface area contributed by atoms with Gasteiger partial charge in [-0.15, -0.1) is 0 Å². The number of nitrogens with zero attached hydrogens (tertiary/aromatic N) is 3. The number of rotatable bonds is 9. The average molecular weight is 552 g/mol. The molecule has 0 aromatic heterocycles. The van der Waals surface area contributed by atoms with Crippen LogP contribution in [0.1, 0.15) is 77.7 Å². The monoisotopic (exact) mass is 551 g/mol. The van der Waals surface area contributed by atoms with E-state index in [2.05, 4.69) is 19.1 Å². The fourth-order valence-corrected chi connectivity index (χ4v) is 6.17. The van der Waals surface area contributed by atoms with Crippen molar-refractivity contribution in [2.75, 3.05) is 13.2 Å². The van der Waals surface area contributed by atoms with Crippen LogP contribution in [0.25, 0.3) is 0 Å². The maximum absolute atomic E-state index is 14.9. The van der Waals surface area contributed by atoms with E-state index in [1.165, 1.54) is 17.4 Å². The van der Waals surface area contributed by atoms with E-state index in [0.717, 1.165) is 24.8 Å². The Bertz CT molecular complexity index is 1260. The minimum absolute atomic E-state index is 0.0487. The van der Waals surface area contributed by atoms with E-state index in [1.54, 1.807) is 37.8 Å². The molecule has 1 heterocycles. The fraction of sp³-hybridized carbons (Fsp3) is 0.531. The van der Waals surface area contributed by atoms with Gasteiger partial charge in [0.1, 0.15) is 18.1 Å². The van der Waals surface area contributed by atoms with Crippen molar-refractivity contribution in [3.63, 3.8) is 0 Å². The Hall–Kier alpha value is -3.31. The van der Waals surface area contributed by atoms with Crippen LogP contribution >= 0.6 is 0 Å². The zero-order valence-electron chi connectivity index (χ0n) is 23.8. The van der Waals surface area contributed by atoms with Gasteiger partial charge in [0.25, 0.3) is 0 Å². The van der Waals surface area contributed by atoms with Gasteiger partial charge in [-0.2, -0.15) is 5.26 Å². The molecule has 4 unspecified atom stereocenters. The van der Waals surface area contributed by atoms with E-state index in [0.29, 0.717) is 25.2 Å². The molecule has 2 aliphatic carbocycles. The Morgan fingerprint density at radius 3 is 2.67 bits per heavy atom. The van der Waals surface area contributed by atoms with Crippen LogP contribution < -0.4 is 4.74 Å². The molecule has 1 aromatic carbocycles. The van der Waals surface area contributed by atoms with Crippen molar-refractivity contribution < 1.29 is 23.1 Å². The van der Waals surface area contributed by atoms with Crippen LogP contribution in [0.5, 0.6) is 5.75 Å². The Balaban J connectivity index is 1.39. The molecule has 214 valence electrons. The van der Waals surface area contributed by atoms with E-state index in [-0.39, 0.29) is 41.7 Å². The van der Waals surface area contributed by atoms with Crippen LogP contribution in [0.2, 0.25) is 0 Å². The third kappa shape index (κ3) is 5.76. The maximum atomic E-state index is 14.9. The predicted octanol–water partition coefficient (Wildman–Crippen LogP) is 6.36. The molecule has 0 saturated carbocycles. The van der Waals surface area contributed by atoms with Gasteiger partial charge >= 0.3 is 0 Å². The van der Waals surface area contributed by atoms with Crippen LogP contribution in [0.15, 0.2) is 53.4 Å². The zero-order valence-corrected chi connectivity index (χ0v) is 23.8. The van der Waals surface area contributed by atoms with Gasteiger partial charge in [-0.05, 0) is 82.1 Å². The number of ether oxygens (including phenoxy) is 1. The molecule has 1 amide bonds. The Kier molecular flexibility index (Phi) is 9.25. The number of allylic oxidation sites excluding steroid dienone is 4. The number of benzene rings is 1. The lowest BCUT2D eigenvalue weighted by Crippen LogP contribution is -2.48. The third-order valence-corrected chi connectivity index (χ3v) is 8.70. The molecule has 4 rings (SSSR count). The van der Waals surface area contributed by atoms with Crippen molar-refractivity contribution in [1.29, 1.82) is 5.26 Å². The van der Waals surface area contributed by atoms with Crippen molar-refractivity contribution in [3.05, 3.63) is 64.8 Å². The van der Waals surface area contributed by atoms with Gasteiger partial charge < -0.3 is 9.64 Å².